The van der Waals surface area contributed by atoms with Gasteiger partial charge in [-0.15, -0.1) is 0 Å². The fourth-order valence-electron chi connectivity index (χ4n) is 3.11. The Balaban J connectivity index is 1.72. The lowest BCUT2D eigenvalue weighted by molar-refractivity contribution is -0.115. The Morgan fingerprint density at radius 1 is 1.31 bits per heavy atom. The number of carbonyl (C=O) groups excluding carboxylic acids is 1. The SMILES string of the molecule is COCCn1c(C)cc2cc(NC(=O)C(C)Sc3nc(C)c(C)c(=O)[nH]3)ccc21. The number of thioether (sulfide) groups is 1. The highest BCUT2D eigenvalue weighted by Gasteiger charge is 2.17. The summed E-state index contributed by atoms with van der Waals surface area (Å²) in [5.74, 6) is -0.147. The van der Waals surface area contributed by atoms with Gasteiger partial charge in [0.25, 0.3) is 5.56 Å². The maximum atomic E-state index is 12.6. The molecule has 7 nitrogen and oxygen atoms in total. The van der Waals surface area contributed by atoms with Crippen molar-refractivity contribution in [2.24, 2.45) is 0 Å². The largest absolute Gasteiger partial charge is 0.383 e. The van der Waals surface area contributed by atoms with E-state index in [9.17, 15) is 9.59 Å². The lowest BCUT2D eigenvalue weighted by Gasteiger charge is -2.12. The van der Waals surface area contributed by atoms with Crippen molar-refractivity contribution in [1.82, 2.24) is 14.5 Å². The average Bonchev–Trinajstić information content (AvgIpc) is 2.98. The number of H-pyrrole nitrogens is 1. The Hall–Kier alpha value is -2.58. The van der Waals surface area contributed by atoms with Crippen LogP contribution in [0.15, 0.2) is 34.2 Å². The zero-order valence-electron chi connectivity index (χ0n) is 17.3. The van der Waals surface area contributed by atoms with E-state index in [0.29, 0.717) is 23.0 Å². The Morgan fingerprint density at radius 2 is 2.07 bits per heavy atom. The first-order valence-corrected chi connectivity index (χ1v) is 10.3. The van der Waals surface area contributed by atoms with Gasteiger partial charge >= 0.3 is 0 Å². The molecule has 3 aromatic rings. The highest BCUT2D eigenvalue weighted by molar-refractivity contribution is 8.00. The van der Waals surface area contributed by atoms with Crippen molar-refractivity contribution in [2.75, 3.05) is 19.0 Å². The molecule has 8 heteroatoms. The number of aromatic nitrogens is 3. The summed E-state index contributed by atoms with van der Waals surface area (Å²) >= 11 is 1.23. The predicted octanol–water partition coefficient (Wildman–Crippen LogP) is 3.42. The number of hydrogen-bond donors (Lipinski definition) is 2. The van der Waals surface area contributed by atoms with E-state index in [1.807, 2.05) is 18.2 Å². The number of rotatable bonds is 7. The van der Waals surface area contributed by atoms with Crippen LogP contribution in [0.2, 0.25) is 0 Å². The number of carbonyl (C=O) groups is 1. The van der Waals surface area contributed by atoms with E-state index in [1.165, 1.54) is 11.8 Å². The maximum absolute atomic E-state index is 12.6. The second-order valence-electron chi connectivity index (χ2n) is 7.03. The molecule has 1 unspecified atom stereocenters. The number of hydrogen-bond acceptors (Lipinski definition) is 5. The summed E-state index contributed by atoms with van der Waals surface area (Å²) in [5, 5.41) is 4.05. The van der Waals surface area contributed by atoms with E-state index in [-0.39, 0.29) is 11.5 Å². The van der Waals surface area contributed by atoms with Gasteiger partial charge in [0.15, 0.2) is 5.16 Å². The normalized spacial score (nSPS) is 12.3. The number of benzene rings is 1. The van der Waals surface area contributed by atoms with E-state index >= 15 is 0 Å². The van der Waals surface area contributed by atoms with Crippen LogP contribution in [0.3, 0.4) is 0 Å². The number of amides is 1. The maximum Gasteiger partial charge on any atom is 0.254 e. The van der Waals surface area contributed by atoms with Crippen LogP contribution in [0, 0.1) is 20.8 Å². The van der Waals surface area contributed by atoms with Crippen LogP contribution in [0.5, 0.6) is 0 Å². The molecule has 3 rings (SSSR count). The predicted molar refractivity (Wildman–Crippen MR) is 117 cm³/mol. The summed E-state index contributed by atoms with van der Waals surface area (Å²) in [7, 11) is 1.69. The first-order chi connectivity index (χ1) is 13.8. The third kappa shape index (κ3) is 4.71. The second-order valence-corrected chi connectivity index (χ2v) is 8.36. The topological polar surface area (TPSA) is 89.0 Å². The number of fused-ring (bicyclic) bond motifs is 1. The summed E-state index contributed by atoms with van der Waals surface area (Å²) in [6.45, 7) is 8.80. The highest BCUT2D eigenvalue weighted by atomic mass is 32.2. The van der Waals surface area contributed by atoms with Crippen LogP contribution in [0.4, 0.5) is 5.69 Å². The lowest BCUT2D eigenvalue weighted by Crippen LogP contribution is -2.23. The van der Waals surface area contributed by atoms with Gasteiger partial charge in [0.05, 0.1) is 11.9 Å². The van der Waals surface area contributed by atoms with E-state index in [1.54, 1.807) is 27.9 Å². The molecule has 2 aromatic heterocycles. The summed E-state index contributed by atoms with van der Waals surface area (Å²) in [5.41, 5.74) is 4.08. The quantitative estimate of drug-likeness (QED) is 0.457. The van der Waals surface area contributed by atoms with Crippen LogP contribution in [-0.4, -0.2) is 39.4 Å². The van der Waals surface area contributed by atoms with Crippen LogP contribution >= 0.6 is 11.8 Å². The van der Waals surface area contributed by atoms with Gasteiger partial charge in [-0.2, -0.15) is 0 Å². The third-order valence-corrected chi connectivity index (χ3v) is 5.91. The number of aromatic amines is 1. The van der Waals surface area contributed by atoms with Crippen LogP contribution in [0.25, 0.3) is 10.9 Å². The minimum atomic E-state index is -0.413. The lowest BCUT2D eigenvalue weighted by atomic mass is 10.2. The molecule has 0 bridgehead atoms. The Kier molecular flexibility index (Phi) is 6.44. The summed E-state index contributed by atoms with van der Waals surface area (Å²) in [6, 6.07) is 7.98. The van der Waals surface area contributed by atoms with Gasteiger partial charge in [0.1, 0.15) is 0 Å². The van der Waals surface area contributed by atoms with E-state index in [2.05, 4.69) is 32.8 Å². The van der Waals surface area contributed by atoms with Gasteiger partial charge in [-0.3, -0.25) is 9.59 Å². The van der Waals surface area contributed by atoms with Crippen molar-refractivity contribution in [3.63, 3.8) is 0 Å². The molecule has 0 fully saturated rings. The third-order valence-electron chi connectivity index (χ3n) is 4.93. The van der Waals surface area contributed by atoms with Crippen molar-refractivity contribution in [2.45, 2.75) is 44.6 Å². The van der Waals surface area contributed by atoms with Gasteiger partial charge in [0.2, 0.25) is 5.91 Å². The Morgan fingerprint density at radius 3 is 2.76 bits per heavy atom. The zero-order chi connectivity index (χ0) is 21.1. The molecule has 154 valence electrons. The van der Waals surface area contributed by atoms with Crippen molar-refractivity contribution in [1.29, 1.82) is 0 Å². The number of nitrogens with one attached hydrogen (secondary N) is 2. The van der Waals surface area contributed by atoms with Gasteiger partial charge in [-0.1, -0.05) is 11.8 Å². The van der Waals surface area contributed by atoms with Gasteiger partial charge in [-0.05, 0) is 52.0 Å². The highest BCUT2D eigenvalue weighted by Crippen LogP contribution is 2.25. The van der Waals surface area contributed by atoms with E-state index in [0.717, 1.165) is 28.8 Å². The minimum absolute atomic E-state index is 0.147. The fraction of sp³-hybridized carbons (Fsp3) is 0.381. The first-order valence-electron chi connectivity index (χ1n) is 9.44. The molecular formula is C21H26N4O3S. The van der Waals surface area contributed by atoms with E-state index in [4.69, 9.17) is 4.74 Å². The van der Waals surface area contributed by atoms with Crippen LogP contribution in [-0.2, 0) is 16.1 Å². The van der Waals surface area contributed by atoms with Crippen molar-refractivity contribution in [3.8, 4) is 0 Å². The summed E-state index contributed by atoms with van der Waals surface area (Å²) in [6.07, 6.45) is 0. The van der Waals surface area contributed by atoms with Gasteiger partial charge in [0, 0.05) is 47.2 Å². The van der Waals surface area contributed by atoms with Crippen LogP contribution in [0.1, 0.15) is 23.9 Å². The monoisotopic (exact) mass is 414 g/mol. The second kappa shape index (κ2) is 8.84. The standard InChI is InChI=1S/C21H26N4O3S/c1-12-10-16-11-17(6-7-18(16)25(12)8-9-28-5)23-20(27)15(4)29-21-22-14(3)13(2)19(26)24-21/h6-7,10-11,15H,8-9H2,1-5H3,(H,23,27)(H,22,24,26). The summed E-state index contributed by atoms with van der Waals surface area (Å²) in [4.78, 5) is 31.6. The molecular weight excluding hydrogens is 388 g/mol. The molecule has 2 N–H and O–H groups in total. The number of methoxy groups -OCH3 is 1. The molecule has 1 atom stereocenters. The number of anilines is 1. The minimum Gasteiger partial charge on any atom is -0.383 e. The van der Waals surface area contributed by atoms with E-state index < -0.39 is 5.25 Å². The molecule has 1 amide bonds. The molecule has 29 heavy (non-hydrogen) atoms. The van der Waals surface area contributed by atoms with Crippen molar-refractivity contribution < 1.29 is 9.53 Å². The molecule has 0 aliphatic carbocycles. The Labute approximate surface area is 173 Å². The first kappa shape index (κ1) is 21.1. The number of aryl methyl sites for hydroxylation is 2. The smallest absolute Gasteiger partial charge is 0.254 e. The van der Waals surface area contributed by atoms with Crippen molar-refractivity contribution >= 4 is 34.3 Å². The molecule has 0 radical (unpaired) electrons. The molecule has 0 saturated heterocycles. The summed E-state index contributed by atoms with van der Waals surface area (Å²) < 4.78 is 7.38. The number of ether oxygens (including phenoxy) is 1. The van der Waals surface area contributed by atoms with Crippen LogP contribution < -0.4 is 10.9 Å². The van der Waals surface area contributed by atoms with Gasteiger partial charge in [-0.25, -0.2) is 4.98 Å². The van der Waals surface area contributed by atoms with Crippen molar-refractivity contribution in [3.05, 3.63) is 51.6 Å². The fourth-order valence-corrected chi connectivity index (χ4v) is 3.95. The van der Waals surface area contributed by atoms with Gasteiger partial charge < -0.3 is 19.6 Å². The number of nitrogens with zero attached hydrogens (tertiary/aromatic N) is 2. The molecule has 0 spiro atoms. The zero-order valence-corrected chi connectivity index (χ0v) is 18.1. The molecule has 2 heterocycles. The molecule has 0 saturated carbocycles. The Bertz CT molecular complexity index is 1100. The molecule has 1 aromatic carbocycles. The average molecular weight is 415 g/mol. The molecule has 0 aliphatic rings. The molecule has 0 aliphatic heterocycles.